The van der Waals surface area contributed by atoms with Crippen LogP contribution in [0.4, 0.5) is 5.82 Å². The molecule has 1 amide bonds. The summed E-state index contributed by atoms with van der Waals surface area (Å²) in [5.74, 6) is 2.28. The molecule has 1 saturated carbocycles. The molecule has 7 heteroatoms. The first kappa shape index (κ1) is 20.6. The van der Waals surface area contributed by atoms with Gasteiger partial charge >= 0.3 is 0 Å². The van der Waals surface area contributed by atoms with E-state index in [0.29, 0.717) is 24.8 Å². The van der Waals surface area contributed by atoms with Gasteiger partial charge in [0.25, 0.3) is 0 Å². The molecule has 4 rings (SSSR count). The van der Waals surface area contributed by atoms with E-state index >= 15 is 0 Å². The molecule has 0 unspecified atom stereocenters. The van der Waals surface area contributed by atoms with Crippen LogP contribution in [-0.4, -0.2) is 27.3 Å². The Hall–Kier alpha value is -2.67. The van der Waals surface area contributed by atoms with Gasteiger partial charge in [-0.25, -0.2) is 4.98 Å². The standard InChI is InChI=1S/C23H28N4O2S/c1-3-29-19-11-9-18(10-12-19)20-15-30-23(24-20)27-21(14-16(2)26-27)25-22(28)13-8-17-6-4-5-7-17/h9-12,14-15,17H,3-8,13H2,1-2H3,(H,25,28). The van der Waals surface area contributed by atoms with Crippen LogP contribution in [0.1, 0.15) is 51.1 Å². The minimum atomic E-state index is 0.0475. The fourth-order valence-electron chi connectivity index (χ4n) is 3.96. The smallest absolute Gasteiger partial charge is 0.225 e. The second-order valence-electron chi connectivity index (χ2n) is 7.79. The Balaban J connectivity index is 1.46. The first-order chi connectivity index (χ1) is 14.6. The molecule has 0 bridgehead atoms. The fraction of sp³-hybridized carbons (Fsp3) is 0.435. The number of hydrogen-bond donors (Lipinski definition) is 1. The molecule has 0 atom stereocenters. The summed E-state index contributed by atoms with van der Waals surface area (Å²) in [4.78, 5) is 17.2. The van der Waals surface area contributed by atoms with Gasteiger partial charge in [-0.3, -0.25) is 4.79 Å². The average molecular weight is 425 g/mol. The summed E-state index contributed by atoms with van der Waals surface area (Å²) in [6, 6.07) is 9.80. The highest BCUT2D eigenvalue weighted by Crippen LogP contribution is 2.30. The Morgan fingerprint density at radius 1 is 1.27 bits per heavy atom. The number of anilines is 1. The van der Waals surface area contributed by atoms with Crippen LogP contribution in [0.3, 0.4) is 0 Å². The van der Waals surface area contributed by atoms with E-state index in [1.165, 1.54) is 37.0 Å². The van der Waals surface area contributed by atoms with Crippen LogP contribution >= 0.6 is 11.3 Å². The molecule has 30 heavy (non-hydrogen) atoms. The van der Waals surface area contributed by atoms with E-state index in [9.17, 15) is 4.79 Å². The molecule has 6 nitrogen and oxygen atoms in total. The number of hydrogen-bond acceptors (Lipinski definition) is 5. The highest BCUT2D eigenvalue weighted by Gasteiger charge is 2.18. The summed E-state index contributed by atoms with van der Waals surface area (Å²) in [6.07, 6.45) is 6.66. The summed E-state index contributed by atoms with van der Waals surface area (Å²) < 4.78 is 7.23. The normalized spacial score (nSPS) is 14.2. The van der Waals surface area contributed by atoms with Crippen LogP contribution in [0.15, 0.2) is 35.7 Å². The van der Waals surface area contributed by atoms with Crippen molar-refractivity contribution in [2.24, 2.45) is 5.92 Å². The van der Waals surface area contributed by atoms with Gasteiger partial charge in [0.1, 0.15) is 11.6 Å². The zero-order valence-corrected chi connectivity index (χ0v) is 18.4. The van der Waals surface area contributed by atoms with E-state index in [1.54, 1.807) is 4.68 Å². The molecule has 0 aliphatic heterocycles. The maximum atomic E-state index is 12.5. The molecule has 1 aliphatic carbocycles. The van der Waals surface area contributed by atoms with Gasteiger partial charge in [-0.1, -0.05) is 25.7 Å². The molecule has 1 fully saturated rings. The fourth-order valence-corrected chi connectivity index (χ4v) is 4.75. The van der Waals surface area contributed by atoms with Crippen molar-refractivity contribution < 1.29 is 9.53 Å². The van der Waals surface area contributed by atoms with E-state index < -0.39 is 0 Å². The number of carbonyl (C=O) groups is 1. The number of amides is 1. The van der Waals surface area contributed by atoms with Crippen molar-refractivity contribution in [3.05, 3.63) is 41.4 Å². The van der Waals surface area contributed by atoms with Gasteiger partial charge in [-0.05, 0) is 50.5 Å². The van der Waals surface area contributed by atoms with Gasteiger partial charge in [-0.15, -0.1) is 11.3 Å². The Bertz CT molecular complexity index is 987. The molecule has 2 aromatic heterocycles. The Morgan fingerprint density at radius 3 is 2.77 bits per heavy atom. The maximum Gasteiger partial charge on any atom is 0.225 e. The quantitative estimate of drug-likeness (QED) is 0.510. The zero-order valence-electron chi connectivity index (χ0n) is 17.6. The largest absolute Gasteiger partial charge is 0.494 e. The zero-order chi connectivity index (χ0) is 20.9. The van der Waals surface area contributed by atoms with Crippen molar-refractivity contribution in [1.29, 1.82) is 0 Å². The van der Waals surface area contributed by atoms with Crippen LogP contribution in [0, 0.1) is 12.8 Å². The molecule has 0 radical (unpaired) electrons. The summed E-state index contributed by atoms with van der Waals surface area (Å²) in [7, 11) is 0. The third-order valence-electron chi connectivity index (χ3n) is 5.49. The summed E-state index contributed by atoms with van der Waals surface area (Å²) in [6.45, 7) is 4.54. The monoisotopic (exact) mass is 424 g/mol. The van der Waals surface area contributed by atoms with E-state index in [1.807, 2.05) is 49.6 Å². The van der Waals surface area contributed by atoms with Gasteiger partial charge in [0.2, 0.25) is 11.0 Å². The number of aryl methyl sites for hydroxylation is 1. The van der Waals surface area contributed by atoms with Gasteiger partial charge in [0, 0.05) is 23.4 Å². The van der Waals surface area contributed by atoms with Crippen molar-refractivity contribution in [3.63, 3.8) is 0 Å². The number of rotatable bonds is 8. The molecule has 1 aromatic carbocycles. The number of ether oxygens (including phenoxy) is 1. The molecule has 0 spiro atoms. The second-order valence-corrected chi connectivity index (χ2v) is 8.63. The lowest BCUT2D eigenvalue weighted by atomic mass is 10.0. The van der Waals surface area contributed by atoms with Crippen LogP contribution in [0.2, 0.25) is 0 Å². The Morgan fingerprint density at radius 2 is 2.03 bits per heavy atom. The molecule has 1 aliphatic rings. The van der Waals surface area contributed by atoms with Gasteiger partial charge in [0.05, 0.1) is 18.0 Å². The number of thiazole rings is 1. The number of carbonyl (C=O) groups excluding carboxylic acids is 1. The summed E-state index contributed by atoms with van der Waals surface area (Å²) in [5, 5.41) is 10.3. The minimum Gasteiger partial charge on any atom is -0.494 e. The number of nitrogens with zero attached hydrogens (tertiary/aromatic N) is 3. The lowest BCUT2D eigenvalue weighted by molar-refractivity contribution is -0.116. The summed E-state index contributed by atoms with van der Waals surface area (Å²) >= 11 is 1.51. The topological polar surface area (TPSA) is 69.0 Å². The first-order valence-electron chi connectivity index (χ1n) is 10.7. The maximum absolute atomic E-state index is 12.5. The van der Waals surface area contributed by atoms with Crippen molar-refractivity contribution in [3.8, 4) is 22.1 Å². The van der Waals surface area contributed by atoms with Crippen molar-refractivity contribution >= 4 is 23.1 Å². The van der Waals surface area contributed by atoms with Crippen molar-refractivity contribution in [2.45, 2.75) is 52.4 Å². The predicted molar refractivity (Wildman–Crippen MR) is 120 cm³/mol. The van der Waals surface area contributed by atoms with Gasteiger partial charge in [0.15, 0.2) is 0 Å². The van der Waals surface area contributed by atoms with Crippen LogP contribution in [0.5, 0.6) is 5.75 Å². The highest BCUT2D eigenvalue weighted by atomic mass is 32.1. The molecular weight excluding hydrogens is 396 g/mol. The number of aromatic nitrogens is 3. The Labute approximate surface area is 181 Å². The first-order valence-corrected chi connectivity index (χ1v) is 11.6. The second kappa shape index (κ2) is 9.43. The Kier molecular flexibility index (Phi) is 6.47. The van der Waals surface area contributed by atoms with E-state index in [4.69, 9.17) is 9.72 Å². The third kappa shape index (κ3) is 4.90. The van der Waals surface area contributed by atoms with Crippen LogP contribution in [0.25, 0.3) is 16.4 Å². The van der Waals surface area contributed by atoms with E-state index in [2.05, 4.69) is 10.4 Å². The molecule has 0 saturated heterocycles. The molecule has 3 aromatic rings. The summed E-state index contributed by atoms with van der Waals surface area (Å²) in [5.41, 5.74) is 2.75. The predicted octanol–water partition coefficient (Wildman–Crippen LogP) is 5.61. The van der Waals surface area contributed by atoms with Crippen LogP contribution in [-0.2, 0) is 4.79 Å². The molecular formula is C23H28N4O2S. The number of nitrogens with one attached hydrogen (secondary N) is 1. The lowest BCUT2D eigenvalue weighted by Gasteiger charge is -2.09. The van der Waals surface area contributed by atoms with Crippen molar-refractivity contribution in [2.75, 3.05) is 11.9 Å². The van der Waals surface area contributed by atoms with Crippen molar-refractivity contribution in [1.82, 2.24) is 14.8 Å². The van der Waals surface area contributed by atoms with E-state index in [-0.39, 0.29) is 5.91 Å². The third-order valence-corrected chi connectivity index (χ3v) is 6.30. The van der Waals surface area contributed by atoms with Gasteiger partial charge in [-0.2, -0.15) is 9.78 Å². The molecule has 158 valence electrons. The minimum absolute atomic E-state index is 0.0475. The van der Waals surface area contributed by atoms with E-state index in [0.717, 1.165) is 34.3 Å². The molecule has 2 heterocycles. The SMILES string of the molecule is CCOc1ccc(-c2csc(-n3nc(C)cc3NC(=O)CCC3CCCC3)n2)cc1. The molecule has 1 N–H and O–H groups in total. The van der Waals surface area contributed by atoms with Crippen LogP contribution < -0.4 is 10.1 Å². The average Bonchev–Trinajstić information content (AvgIpc) is 3.48. The highest BCUT2D eigenvalue weighted by molar-refractivity contribution is 7.12. The van der Waals surface area contributed by atoms with Gasteiger partial charge < -0.3 is 10.1 Å². The number of benzene rings is 1. The lowest BCUT2D eigenvalue weighted by Crippen LogP contribution is -2.15.